The molecule has 0 radical (unpaired) electrons. The molecule has 0 aliphatic rings. The topological polar surface area (TPSA) is 119 Å². The minimum Gasteiger partial charge on any atom is -0.481 e. The van der Waals surface area contributed by atoms with Gasteiger partial charge in [-0.25, -0.2) is 9.59 Å². The molecule has 0 unspecified atom stereocenters. The van der Waals surface area contributed by atoms with E-state index in [0.717, 1.165) is 0 Å². The molecule has 0 aromatic rings. The van der Waals surface area contributed by atoms with Crippen molar-refractivity contribution in [2.75, 3.05) is 26.4 Å². The molecular weight excluding hydrogens is 320 g/mol. The summed E-state index contributed by atoms with van der Waals surface area (Å²) in [5.41, 5.74) is -0.989. The molecule has 0 heterocycles. The number of carbonyl (C=O) groups excluding carboxylic acids is 2. The van der Waals surface area contributed by atoms with Crippen LogP contribution in [-0.4, -0.2) is 60.1 Å². The van der Waals surface area contributed by atoms with E-state index in [9.17, 15) is 14.4 Å². The van der Waals surface area contributed by atoms with Crippen LogP contribution < -0.4 is 0 Å². The average molecular weight is 346 g/mol. The first kappa shape index (κ1) is 22.1. The predicted molar refractivity (Wildman–Crippen MR) is 84.3 cm³/mol. The molecule has 0 bridgehead atoms. The van der Waals surface area contributed by atoms with Crippen LogP contribution in [-0.2, 0) is 28.6 Å². The Morgan fingerprint density at radius 1 is 1.12 bits per heavy atom. The van der Waals surface area contributed by atoms with Crippen LogP contribution >= 0.6 is 0 Å². The largest absolute Gasteiger partial charge is 0.481 e. The highest BCUT2D eigenvalue weighted by Crippen LogP contribution is 2.17. The number of esters is 2. The normalized spacial score (nSPS) is 11.0. The van der Waals surface area contributed by atoms with Gasteiger partial charge in [-0.1, -0.05) is 6.58 Å². The van der Waals surface area contributed by atoms with E-state index in [-0.39, 0.29) is 12.2 Å². The summed E-state index contributed by atoms with van der Waals surface area (Å²) in [7, 11) is 0. The lowest BCUT2D eigenvalue weighted by molar-refractivity contribution is -0.167. The van der Waals surface area contributed by atoms with E-state index in [1.165, 1.54) is 0 Å². The molecule has 138 valence electrons. The Balaban J connectivity index is 4.00. The number of aliphatic hydroxyl groups excluding tert-OH is 1. The van der Waals surface area contributed by atoms with Crippen molar-refractivity contribution in [2.24, 2.45) is 0 Å². The van der Waals surface area contributed by atoms with Crippen LogP contribution in [0.2, 0.25) is 0 Å². The Labute approximate surface area is 141 Å². The minimum atomic E-state index is -1.21. The summed E-state index contributed by atoms with van der Waals surface area (Å²) in [4.78, 5) is 33.5. The molecule has 0 fully saturated rings. The van der Waals surface area contributed by atoms with Gasteiger partial charge in [0.2, 0.25) is 0 Å². The summed E-state index contributed by atoms with van der Waals surface area (Å²) >= 11 is 0. The Morgan fingerprint density at radius 2 is 1.75 bits per heavy atom. The van der Waals surface area contributed by atoms with E-state index >= 15 is 0 Å². The summed E-state index contributed by atoms with van der Waals surface area (Å²) in [5, 5.41) is 17.1. The lowest BCUT2D eigenvalue weighted by Gasteiger charge is -2.25. The van der Waals surface area contributed by atoms with Gasteiger partial charge in [0.1, 0.15) is 5.60 Å². The molecule has 0 rings (SSSR count). The Kier molecular flexibility index (Phi) is 10.7. The number of carboxylic acids is 1. The second-order valence-electron chi connectivity index (χ2n) is 5.78. The van der Waals surface area contributed by atoms with Gasteiger partial charge in [-0.3, -0.25) is 4.79 Å². The van der Waals surface area contributed by atoms with Gasteiger partial charge in [-0.2, -0.15) is 0 Å². The van der Waals surface area contributed by atoms with Crippen LogP contribution in [0.3, 0.4) is 0 Å². The van der Waals surface area contributed by atoms with Crippen LogP contribution in [0.4, 0.5) is 0 Å². The molecule has 0 saturated heterocycles. The molecule has 0 saturated carbocycles. The molecule has 24 heavy (non-hydrogen) atoms. The number of aliphatic carboxylic acids is 1. The second kappa shape index (κ2) is 11.6. The van der Waals surface area contributed by atoms with Crippen molar-refractivity contribution in [3.8, 4) is 0 Å². The molecule has 0 aliphatic carbocycles. The van der Waals surface area contributed by atoms with Crippen molar-refractivity contribution in [1.29, 1.82) is 0 Å². The summed E-state index contributed by atoms with van der Waals surface area (Å²) in [6.07, 6.45) is 1.25. The second-order valence-corrected chi connectivity index (χ2v) is 5.78. The minimum absolute atomic E-state index is 0.0840. The first-order valence-electron chi connectivity index (χ1n) is 7.65. The lowest BCUT2D eigenvalue weighted by atomic mass is 10.0. The van der Waals surface area contributed by atoms with Gasteiger partial charge >= 0.3 is 17.9 Å². The molecule has 0 amide bonds. The summed E-state index contributed by atoms with van der Waals surface area (Å²) in [5.74, 6) is -2.87. The molecule has 8 heteroatoms. The third-order valence-corrected chi connectivity index (χ3v) is 2.88. The fourth-order valence-electron chi connectivity index (χ4n) is 1.74. The van der Waals surface area contributed by atoms with Gasteiger partial charge in [0.15, 0.2) is 6.61 Å². The van der Waals surface area contributed by atoms with E-state index in [1.807, 2.05) is 0 Å². The average Bonchev–Trinajstić information content (AvgIpc) is 2.47. The highest BCUT2D eigenvalue weighted by Gasteiger charge is 2.23. The molecular formula is C16H26O8. The van der Waals surface area contributed by atoms with Crippen molar-refractivity contribution in [3.63, 3.8) is 0 Å². The molecule has 0 spiro atoms. The molecule has 0 aromatic heterocycles. The van der Waals surface area contributed by atoms with Crippen molar-refractivity contribution in [2.45, 2.75) is 45.1 Å². The van der Waals surface area contributed by atoms with Crippen molar-refractivity contribution in [3.05, 3.63) is 12.2 Å². The fraction of sp³-hybridized carbons (Fsp3) is 0.688. The van der Waals surface area contributed by atoms with Crippen molar-refractivity contribution in [1.82, 2.24) is 0 Å². The quantitative estimate of drug-likeness (QED) is 0.289. The number of ether oxygens (including phenoxy) is 3. The maximum atomic E-state index is 11.7. The number of carboxylic acid groups (broad SMARTS) is 1. The molecule has 2 N–H and O–H groups in total. The Morgan fingerprint density at radius 3 is 2.33 bits per heavy atom. The number of hydrogen-bond acceptors (Lipinski definition) is 7. The maximum absolute atomic E-state index is 11.7. The Hall–Kier alpha value is -1.93. The standard InChI is InChI=1S/C16H26O8/c1-12(10-13(18)19)15(21)23-11-14(20)24-16(2,3)6-4-8-22-9-5-7-17/h17H,1,4-11H2,2-3H3,(H,18,19). The summed E-state index contributed by atoms with van der Waals surface area (Å²) < 4.78 is 15.2. The fourth-order valence-corrected chi connectivity index (χ4v) is 1.74. The van der Waals surface area contributed by atoms with Crippen LogP contribution in [0.5, 0.6) is 0 Å². The first-order chi connectivity index (χ1) is 11.2. The lowest BCUT2D eigenvalue weighted by Crippen LogP contribution is -2.31. The highest BCUT2D eigenvalue weighted by atomic mass is 16.6. The van der Waals surface area contributed by atoms with Crippen molar-refractivity contribution >= 4 is 17.9 Å². The smallest absolute Gasteiger partial charge is 0.344 e. The molecule has 8 nitrogen and oxygen atoms in total. The third-order valence-electron chi connectivity index (χ3n) is 2.88. The van der Waals surface area contributed by atoms with Crippen LogP contribution in [0, 0.1) is 0 Å². The first-order valence-corrected chi connectivity index (χ1v) is 7.65. The van der Waals surface area contributed by atoms with Gasteiger partial charge in [0.25, 0.3) is 0 Å². The predicted octanol–water partition coefficient (Wildman–Crippen LogP) is 1.06. The van der Waals surface area contributed by atoms with Crippen LogP contribution in [0.15, 0.2) is 12.2 Å². The zero-order valence-electron chi connectivity index (χ0n) is 14.2. The van der Waals surface area contributed by atoms with Crippen LogP contribution in [0.1, 0.15) is 39.5 Å². The van der Waals surface area contributed by atoms with E-state index in [2.05, 4.69) is 11.3 Å². The molecule has 0 atom stereocenters. The Bertz CT molecular complexity index is 441. The zero-order chi connectivity index (χ0) is 18.6. The van der Waals surface area contributed by atoms with Gasteiger partial charge in [0, 0.05) is 25.4 Å². The van der Waals surface area contributed by atoms with E-state index < -0.39 is 36.5 Å². The third kappa shape index (κ3) is 11.6. The van der Waals surface area contributed by atoms with Crippen molar-refractivity contribution < 1.29 is 38.8 Å². The molecule has 0 aromatic carbocycles. The number of rotatable bonds is 13. The SMILES string of the molecule is C=C(CC(=O)O)C(=O)OCC(=O)OC(C)(C)CCCOCCCO. The monoisotopic (exact) mass is 346 g/mol. The van der Waals surface area contributed by atoms with Crippen LogP contribution in [0.25, 0.3) is 0 Å². The van der Waals surface area contributed by atoms with E-state index in [1.54, 1.807) is 13.8 Å². The summed E-state index contributed by atoms with van der Waals surface area (Å²) in [6.45, 7) is 7.18. The number of aliphatic hydroxyl groups is 1. The maximum Gasteiger partial charge on any atom is 0.344 e. The van der Waals surface area contributed by atoms with E-state index in [4.69, 9.17) is 19.7 Å². The van der Waals surface area contributed by atoms with Gasteiger partial charge in [0.05, 0.1) is 6.42 Å². The van der Waals surface area contributed by atoms with Gasteiger partial charge in [-0.15, -0.1) is 0 Å². The van der Waals surface area contributed by atoms with Gasteiger partial charge in [-0.05, 0) is 33.1 Å². The summed E-state index contributed by atoms with van der Waals surface area (Å²) in [6, 6.07) is 0. The van der Waals surface area contributed by atoms with E-state index in [0.29, 0.717) is 32.5 Å². The number of carbonyl (C=O) groups is 3. The zero-order valence-corrected chi connectivity index (χ0v) is 14.2. The van der Waals surface area contributed by atoms with Gasteiger partial charge < -0.3 is 24.4 Å². The number of hydrogen-bond donors (Lipinski definition) is 2. The highest BCUT2D eigenvalue weighted by molar-refractivity contribution is 5.93. The molecule has 0 aliphatic heterocycles.